The van der Waals surface area contributed by atoms with E-state index < -0.39 is 0 Å². The third-order valence-electron chi connectivity index (χ3n) is 1.71. The summed E-state index contributed by atoms with van der Waals surface area (Å²) in [5.74, 6) is 0. The normalized spacial score (nSPS) is 10.4. The summed E-state index contributed by atoms with van der Waals surface area (Å²) >= 11 is 10.4. The van der Waals surface area contributed by atoms with Crippen molar-refractivity contribution in [2.24, 2.45) is 0 Å². The summed E-state index contributed by atoms with van der Waals surface area (Å²) in [6.45, 7) is 0. The van der Waals surface area contributed by atoms with Gasteiger partial charge < -0.3 is 0 Å². The van der Waals surface area contributed by atoms with Crippen LogP contribution >= 0.6 is 39.1 Å². The predicted molar refractivity (Wildman–Crippen MR) is 61.9 cm³/mol. The van der Waals surface area contributed by atoms with Crippen molar-refractivity contribution in [3.8, 4) is 0 Å². The van der Waals surface area contributed by atoms with Crippen molar-refractivity contribution in [3.05, 3.63) is 44.6 Å². The molecule has 0 amide bonds. The van der Waals surface area contributed by atoms with Gasteiger partial charge in [0.15, 0.2) is 0 Å². The fraction of sp³-hybridized carbons (Fsp3) is 0.111. The average Bonchev–Trinajstić information content (AvgIpc) is 2.56. The minimum Gasteiger partial charge on any atom is -0.214 e. The van der Waals surface area contributed by atoms with Crippen LogP contribution in [0.4, 0.5) is 0 Å². The molecule has 0 radical (unpaired) electrons. The van der Waals surface area contributed by atoms with Gasteiger partial charge in [0.25, 0.3) is 0 Å². The highest BCUT2D eigenvalue weighted by atomic mass is 79.9. The molecule has 0 aliphatic carbocycles. The van der Waals surface area contributed by atoms with E-state index in [1.807, 2.05) is 24.3 Å². The standard InChI is InChI=1S/C9H6BrClN2S/c10-9-12-8(14-13-9)5-6-1-3-7(11)4-2-6/h1-4H,5H2. The van der Waals surface area contributed by atoms with Crippen LogP contribution in [0.2, 0.25) is 5.02 Å². The van der Waals surface area contributed by atoms with Gasteiger partial charge in [0.05, 0.1) is 0 Å². The number of hydrogen-bond donors (Lipinski definition) is 0. The van der Waals surface area contributed by atoms with E-state index in [1.54, 1.807) is 0 Å². The summed E-state index contributed by atoms with van der Waals surface area (Å²) in [5.41, 5.74) is 1.19. The van der Waals surface area contributed by atoms with E-state index in [4.69, 9.17) is 11.6 Å². The molecule has 0 N–H and O–H groups in total. The van der Waals surface area contributed by atoms with Crippen LogP contribution in [0.1, 0.15) is 10.6 Å². The van der Waals surface area contributed by atoms with Crippen molar-refractivity contribution in [3.63, 3.8) is 0 Å². The van der Waals surface area contributed by atoms with Crippen molar-refractivity contribution in [1.29, 1.82) is 0 Å². The topological polar surface area (TPSA) is 25.8 Å². The molecule has 2 rings (SSSR count). The molecule has 1 aromatic heterocycles. The van der Waals surface area contributed by atoms with Gasteiger partial charge in [-0.05, 0) is 45.2 Å². The zero-order chi connectivity index (χ0) is 9.97. The van der Waals surface area contributed by atoms with Crippen molar-refractivity contribution in [2.75, 3.05) is 0 Å². The zero-order valence-electron chi connectivity index (χ0n) is 7.08. The lowest BCUT2D eigenvalue weighted by atomic mass is 10.2. The van der Waals surface area contributed by atoms with Crippen LogP contribution in [0, 0.1) is 0 Å². The van der Waals surface area contributed by atoms with Crippen molar-refractivity contribution in [2.45, 2.75) is 6.42 Å². The van der Waals surface area contributed by atoms with Gasteiger partial charge in [-0.15, -0.1) is 0 Å². The summed E-state index contributed by atoms with van der Waals surface area (Å²) in [6.07, 6.45) is 0.806. The van der Waals surface area contributed by atoms with Crippen LogP contribution in [0.25, 0.3) is 0 Å². The van der Waals surface area contributed by atoms with E-state index in [-0.39, 0.29) is 0 Å². The number of benzene rings is 1. The Morgan fingerprint density at radius 2 is 2.00 bits per heavy atom. The summed E-state index contributed by atoms with van der Waals surface area (Å²) in [7, 11) is 0. The van der Waals surface area contributed by atoms with Crippen LogP contribution in [0.5, 0.6) is 0 Å². The van der Waals surface area contributed by atoms with Gasteiger partial charge in [0, 0.05) is 11.4 Å². The number of halogens is 2. The molecule has 72 valence electrons. The largest absolute Gasteiger partial charge is 0.214 e. The predicted octanol–water partition coefficient (Wildman–Crippen LogP) is 3.54. The molecule has 0 spiro atoms. The van der Waals surface area contributed by atoms with E-state index in [1.165, 1.54) is 17.1 Å². The van der Waals surface area contributed by atoms with Crippen LogP contribution in [0.15, 0.2) is 29.0 Å². The molecule has 2 nitrogen and oxygen atoms in total. The second kappa shape index (κ2) is 4.38. The van der Waals surface area contributed by atoms with Crippen molar-refractivity contribution < 1.29 is 0 Å². The number of hydrogen-bond acceptors (Lipinski definition) is 3. The van der Waals surface area contributed by atoms with Gasteiger partial charge in [0.1, 0.15) is 5.01 Å². The number of nitrogens with zero attached hydrogens (tertiary/aromatic N) is 2. The van der Waals surface area contributed by atoms with Gasteiger partial charge in [-0.2, -0.15) is 4.37 Å². The molecule has 0 aliphatic heterocycles. The van der Waals surface area contributed by atoms with Gasteiger partial charge in [-0.3, -0.25) is 0 Å². The molecular formula is C9H6BrClN2S. The van der Waals surface area contributed by atoms with E-state index in [0.717, 1.165) is 16.5 Å². The minimum atomic E-state index is 0.659. The Morgan fingerprint density at radius 3 is 2.57 bits per heavy atom. The number of rotatable bonds is 2. The third-order valence-corrected chi connectivity index (χ3v) is 3.26. The third kappa shape index (κ3) is 2.53. The Bertz CT molecular complexity index is 427. The summed E-state index contributed by atoms with van der Waals surface area (Å²) < 4.78 is 4.71. The molecule has 1 aromatic carbocycles. The molecule has 0 atom stereocenters. The molecule has 1 heterocycles. The van der Waals surface area contributed by atoms with Crippen LogP contribution in [0.3, 0.4) is 0 Å². The maximum atomic E-state index is 5.79. The molecular weight excluding hydrogens is 284 g/mol. The Kier molecular flexibility index (Phi) is 3.15. The van der Waals surface area contributed by atoms with E-state index >= 15 is 0 Å². The lowest BCUT2D eigenvalue weighted by molar-refractivity contribution is 1.11. The number of aromatic nitrogens is 2. The van der Waals surface area contributed by atoms with E-state index in [0.29, 0.717) is 4.73 Å². The quantitative estimate of drug-likeness (QED) is 0.845. The second-order valence-electron chi connectivity index (χ2n) is 2.76. The lowest BCUT2D eigenvalue weighted by Gasteiger charge is -1.96. The molecule has 0 aliphatic rings. The van der Waals surface area contributed by atoms with E-state index in [9.17, 15) is 0 Å². The molecule has 2 aromatic rings. The van der Waals surface area contributed by atoms with Gasteiger partial charge in [-0.1, -0.05) is 23.7 Å². The Balaban J connectivity index is 2.15. The Labute approximate surface area is 99.2 Å². The molecule has 0 fully saturated rings. The smallest absolute Gasteiger partial charge is 0.209 e. The summed E-state index contributed by atoms with van der Waals surface area (Å²) in [5, 5.41) is 1.76. The first-order valence-electron chi connectivity index (χ1n) is 3.96. The zero-order valence-corrected chi connectivity index (χ0v) is 10.2. The Hall–Kier alpha value is -0.450. The highest BCUT2D eigenvalue weighted by Gasteiger charge is 2.02. The highest BCUT2D eigenvalue weighted by molar-refractivity contribution is 9.10. The van der Waals surface area contributed by atoms with Crippen LogP contribution in [-0.4, -0.2) is 9.36 Å². The maximum Gasteiger partial charge on any atom is 0.209 e. The van der Waals surface area contributed by atoms with Crippen LogP contribution in [-0.2, 0) is 6.42 Å². The van der Waals surface area contributed by atoms with E-state index in [2.05, 4.69) is 25.3 Å². The van der Waals surface area contributed by atoms with Gasteiger partial charge in [-0.25, -0.2) is 4.98 Å². The molecule has 0 unspecified atom stereocenters. The van der Waals surface area contributed by atoms with Crippen LogP contribution < -0.4 is 0 Å². The first-order valence-corrected chi connectivity index (χ1v) is 5.91. The lowest BCUT2D eigenvalue weighted by Crippen LogP contribution is -1.85. The SMILES string of the molecule is Clc1ccc(Cc2nc(Br)ns2)cc1. The summed E-state index contributed by atoms with van der Waals surface area (Å²) in [4.78, 5) is 4.22. The van der Waals surface area contributed by atoms with Crippen molar-refractivity contribution in [1.82, 2.24) is 9.36 Å². The average molecular weight is 290 g/mol. The minimum absolute atomic E-state index is 0.659. The fourth-order valence-corrected chi connectivity index (χ4v) is 2.34. The molecule has 0 saturated heterocycles. The maximum absolute atomic E-state index is 5.79. The Morgan fingerprint density at radius 1 is 1.29 bits per heavy atom. The van der Waals surface area contributed by atoms with Crippen molar-refractivity contribution >= 4 is 39.1 Å². The first-order chi connectivity index (χ1) is 6.74. The molecule has 14 heavy (non-hydrogen) atoms. The van der Waals surface area contributed by atoms with Gasteiger partial charge >= 0.3 is 0 Å². The van der Waals surface area contributed by atoms with Gasteiger partial charge in [0.2, 0.25) is 4.73 Å². The first kappa shape index (κ1) is 10.1. The second-order valence-corrected chi connectivity index (χ2v) is 4.74. The molecule has 0 saturated carbocycles. The molecule has 0 bridgehead atoms. The summed E-state index contributed by atoms with van der Waals surface area (Å²) in [6, 6.07) is 7.76. The molecule has 5 heteroatoms. The highest BCUT2D eigenvalue weighted by Crippen LogP contribution is 2.16. The monoisotopic (exact) mass is 288 g/mol. The fourth-order valence-electron chi connectivity index (χ4n) is 1.08.